The van der Waals surface area contributed by atoms with Gasteiger partial charge in [0.15, 0.2) is 0 Å². The van der Waals surface area contributed by atoms with Crippen molar-refractivity contribution in [2.24, 2.45) is 0 Å². The topological polar surface area (TPSA) is 55.5 Å². The van der Waals surface area contributed by atoms with E-state index in [9.17, 15) is 4.79 Å². The standard InChI is InChI=1S/C23H33N5O/c1-26(2)23(29)20-15-24-25-22(20)19-10-8-12-27(17-19)16-18-9-4-5-11-21(18)28-13-6-3-7-14-28/h4-5,9,11,15,19H,3,6-8,10,12-14,16-17H2,1-2H3,(H,24,25)/t19-/m0/s1. The number of anilines is 1. The Morgan fingerprint density at radius 3 is 2.72 bits per heavy atom. The van der Waals surface area contributed by atoms with E-state index in [2.05, 4.69) is 44.3 Å². The zero-order valence-corrected chi connectivity index (χ0v) is 17.7. The van der Waals surface area contributed by atoms with E-state index in [1.165, 1.54) is 43.6 Å². The van der Waals surface area contributed by atoms with Gasteiger partial charge in [0, 0.05) is 51.9 Å². The molecule has 0 saturated carbocycles. The Labute approximate surface area is 173 Å². The summed E-state index contributed by atoms with van der Waals surface area (Å²) in [7, 11) is 3.59. The highest BCUT2D eigenvalue weighted by Gasteiger charge is 2.28. The molecule has 2 fully saturated rings. The molecule has 0 radical (unpaired) electrons. The Morgan fingerprint density at radius 2 is 1.93 bits per heavy atom. The molecule has 2 aliphatic rings. The molecule has 2 aliphatic heterocycles. The fraction of sp³-hybridized carbons (Fsp3) is 0.565. The largest absolute Gasteiger partial charge is 0.371 e. The molecule has 0 bridgehead atoms. The minimum Gasteiger partial charge on any atom is -0.371 e. The molecule has 6 heteroatoms. The average Bonchev–Trinajstić information content (AvgIpc) is 3.24. The van der Waals surface area contributed by atoms with Gasteiger partial charge in [-0.25, -0.2) is 0 Å². The highest BCUT2D eigenvalue weighted by atomic mass is 16.2. The SMILES string of the molecule is CN(C)C(=O)c1cn[nH]c1[C@H]1CCCN(Cc2ccccc2N2CCCCC2)C1. The van der Waals surface area contributed by atoms with Gasteiger partial charge in [0.05, 0.1) is 17.5 Å². The lowest BCUT2D eigenvalue weighted by molar-refractivity contribution is 0.0825. The predicted octanol–water partition coefficient (Wildman–Crippen LogP) is 3.48. The molecule has 0 spiro atoms. The second-order valence-electron chi connectivity index (χ2n) is 8.65. The number of carbonyl (C=O) groups is 1. The monoisotopic (exact) mass is 395 g/mol. The van der Waals surface area contributed by atoms with Gasteiger partial charge in [-0.05, 0) is 50.3 Å². The van der Waals surface area contributed by atoms with Gasteiger partial charge in [-0.2, -0.15) is 5.10 Å². The van der Waals surface area contributed by atoms with Crippen molar-refractivity contribution in [1.82, 2.24) is 20.0 Å². The number of H-pyrrole nitrogens is 1. The normalized spacial score (nSPS) is 20.6. The van der Waals surface area contributed by atoms with E-state index < -0.39 is 0 Å². The van der Waals surface area contributed by atoms with Crippen molar-refractivity contribution in [2.45, 2.75) is 44.6 Å². The van der Waals surface area contributed by atoms with Gasteiger partial charge in [-0.1, -0.05) is 18.2 Å². The van der Waals surface area contributed by atoms with E-state index in [1.54, 1.807) is 25.2 Å². The maximum Gasteiger partial charge on any atom is 0.256 e. The number of nitrogens with one attached hydrogen (secondary N) is 1. The van der Waals surface area contributed by atoms with E-state index in [1.807, 2.05) is 0 Å². The van der Waals surface area contributed by atoms with Gasteiger partial charge >= 0.3 is 0 Å². The van der Waals surface area contributed by atoms with Crippen LogP contribution in [0.3, 0.4) is 0 Å². The quantitative estimate of drug-likeness (QED) is 0.842. The van der Waals surface area contributed by atoms with Gasteiger partial charge in [-0.3, -0.25) is 14.8 Å². The summed E-state index contributed by atoms with van der Waals surface area (Å²) in [6.07, 6.45) is 7.86. The summed E-state index contributed by atoms with van der Waals surface area (Å²) in [6.45, 7) is 5.38. The third kappa shape index (κ3) is 4.47. The number of aromatic nitrogens is 2. The first-order valence-electron chi connectivity index (χ1n) is 10.9. The number of carbonyl (C=O) groups excluding carboxylic acids is 1. The molecule has 2 saturated heterocycles. The van der Waals surface area contributed by atoms with E-state index in [4.69, 9.17) is 0 Å². The van der Waals surface area contributed by atoms with Crippen LogP contribution in [-0.4, -0.2) is 66.2 Å². The Hall–Kier alpha value is -2.34. The number of nitrogens with zero attached hydrogens (tertiary/aromatic N) is 4. The maximum atomic E-state index is 12.5. The molecule has 6 nitrogen and oxygen atoms in total. The van der Waals surface area contributed by atoms with E-state index >= 15 is 0 Å². The summed E-state index contributed by atoms with van der Waals surface area (Å²) in [5.74, 6) is 0.355. The molecule has 4 rings (SSSR count). The molecule has 156 valence electrons. The predicted molar refractivity (Wildman–Crippen MR) is 116 cm³/mol. The summed E-state index contributed by atoms with van der Waals surface area (Å²) in [5.41, 5.74) is 4.54. The fourth-order valence-electron chi connectivity index (χ4n) is 4.78. The highest BCUT2D eigenvalue weighted by molar-refractivity contribution is 5.94. The average molecular weight is 396 g/mol. The number of hydrogen-bond donors (Lipinski definition) is 1. The summed E-state index contributed by atoms with van der Waals surface area (Å²) >= 11 is 0. The molecule has 0 unspecified atom stereocenters. The molecule has 1 amide bonds. The van der Waals surface area contributed by atoms with E-state index in [0.717, 1.165) is 43.7 Å². The second kappa shape index (κ2) is 8.99. The molecule has 3 heterocycles. The summed E-state index contributed by atoms with van der Waals surface area (Å²) < 4.78 is 0. The van der Waals surface area contributed by atoms with Gasteiger partial charge in [0.1, 0.15) is 0 Å². The molecule has 1 aromatic carbocycles. The molecule has 1 N–H and O–H groups in total. The van der Waals surface area contributed by atoms with Crippen molar-refractivity contribution >= 4 is 11.6 Å². The van der Waals surface area contributed by atoms with Crippen LogP contribution in [0.5, 0.6) is 0 Å². The van der Waals surface area contributed by atoms with Crippen LogP contribution < -0.4 is 4.90 Å². The van der Waals surface area contributed by atoms with Crippen LogP contribution in [0.1, 0.15) is 59.6 Å². The molecule has 2 aromatic rings. The second-order valence-corrected chi connectivity index (χ2v) is 8.65. The number of likely N-dealkylation sites (tertiary alicyclic amines) is 1. The van der Waals surface area contributed by atoms with Crippen molar-refractivity contribution in [1.29, 1.82) is 0 Å². The Bertz CT molecular complexity index is 824. The van der Waals surface area contributed by atoms with Crippen LogP contribution in [0, 0.1) is 0 Å². The van der Waals surface area contributed by atoms with Crippen LogP contribution in [0.2, 0.25) is 0 Å². The first kappa shape index (κ1) is 20.0. The summed E-state index contributed by atoms with van der Waals surface area (Å²) in [4.78, 5) is 19.2. The molecule has 0 aliphatic carbocycles. The number of para-hydroxylation sites is 1. The van der Waals surface area contributed by atoms with Crippen molar-refractivity contribution in [3.63, 3.8) is 0 Å². The third-order valence-electron chi connectivity index (χ3n) is 6.30. The zero-order chi connectivity index (χ0) is 20.2. The molecular formula is C23H33N5O. The van der Waals surface area contributed by atoms with Gasteiger partial charge < -0.3 is 9.80 Å². The summed E-state index contributed by atoms with van der Waals surface area (Å²) in [6, 6.07) is 8.89. The number of rotatable bonds is 5. The first-order valence-corrected chi connectivity index (χ1v) is 10.9. The van der Waals surface area contributed by atoms with Crippen LogP contribution >= 0.6 is 0 Å². The fourth-order valence-corrected chi connectivity index (χ4v) is 4.78. The van der Waals surface area contributed by atoms with E-state index in [0.29, 0.717) is 5.92 Å². The Balaban J connectivity index is 1.48. The van der Waals surface area contributed by atoms with Crippen molar-refractivity contribution < 1.29 is 4.79 Å². The number of benzene rings is 1. The minimum absolute atomic E-state index is 0.0290. The lowest BCUT2D eigenvalue weighted by Gasteiger charge is -2.35. The van der Waals surface area contributed by atoms with Gasteiger partial charge in [0.2, 0.25) is 0 Å². The van der Waals surface area contributed by atoms with Crippen LogP contribution in [0.15, 0.2) is 30.5 Å². The molecule has 1 atom stereocenters. The smallest absolute Gasteiger partial charge is 0.256 e. The number of amides is 1. The van der Waals surface area contributed by atoms with Crippen molar-refractivity contribution in [2.75, 3.05) is 45.2 Å². The highest BCUT2D eigenvalue weighted by Crippen LogP contribution is 2.31. The number of piperidine rings is 2. The number of aromatic amines is 1. The lowest BCUT2D eigenvalue weighted by Crippen LogP contribution is -2.36. The first-order chi connectivity index (χ1) is 14.1. The zero-order valence-electron chi connectivity index (χ0n) is 17.7. The van der Waals surface area contributed by atoms with Crippen molar-refractivity contribution in [3.05, 3.63) is 47.3 Å². The van der Waals surface area contributed by atoms with Crippen LogP contribution in [0.25, 0.3) is 0 Å². The van der Waals surface area contributed by atoms with Crippen LogP contribution in [-0.2, 0) is 6.54 Å². The van der Waals surface area contributed by atoms with E-state index in [-0.39, 0.29) is 5.91 Å². The molecule has 1 aromatic heterocycles. The van der Waals surface area contributed by atoms with Gasteiger partial charge in [-0.15, -0.1) is 0 Å². The third-order valence-corrected chi connectivity index (χ3v) is 6.30. The van der Waals surface area contributed by atoms with Crippen LogP contribution in [0.4, 0.5) is 5.69 Å². The summed E-state index contributed by atoms with van der Waals surface area (Å²) in [5, 5.41) is 7.31. The Kier molecular flexibility index (Phi) is 6.19. The lowest BCUT2D eigenvalue weighted by atomic mass is 9.92. The van der Waals surface area contributed by atoms with Gasteiger partial charge in [0.25, 0.3) is 5.91 Å². The Morgan fingerprint density at radius 1 is 1.14 bits per heavy atom. The minimum atomic E-state index is 0.0290. The maximum absolute atomic E-state index is 12.5. The van der Waals surface area contributed by atoms with Crippen molar-refractivity contribution in [3.8, 4) is 0 Å². The number of hydrogen-bond acceptors (Lipinski definition) is 4. The molecular weight excluding hydrogens is 362 g/mol. The molecule has 29 heavy (non-hydrogen) atoms.